The van der Waals surface area contributed by atoms with Gasteiger partial charge in [0.1, 0.15) is 0 Å². The van der Waals surface area contributed by atoms with E-state index in [9.17, 15) is 13.2 Å². The Bertz CT molecular complexity index is 334. The smallest absolute Gasteiger partial charge is 0.327 e. The van der Waals surface area contributed by atoms with Gasteiger partial charge in [-0.15, -0.1) is 11.3 Å². The van der Waals surface area contributed by atoms with Crippen LogP contribution < -0.4 is 5.73 Å². The summed E-state index contributed by atoms with van der Waals surface area (Å²) < 4.78 is 36.6. The van der Waals surface area contributed by atoms with E-state index < -0.39 is 11.2 Å². The molecule has 1 aromatic rings. The Balaban J connectivity index is 2.18. The Labute approximate surface area is 82.9 Å². The van der Waals surface area contributed by atoms with Crippen molar-refractivity contribution in [3.8, 4) is 0 Å². The summed E-state index contributed by atoms with van der Waals surface area (Å²) in [5, 5.41) is -0.772. The molecule has 1 aromatic heterocycles. The van der Waals surface area contributed by atoms with E-state index in [2.05, 4.69) is 4.98 Å². The average Bonchev–Trinajstić information content (AvgIpc) is 2.49. The van der Waals surface area contributed by atoms with E-state index in [0.717, 1.165) is 12.8 Å². The molecule has 2 N–H and O–H groups in total. The molecule has 2 unspecified atom stereocenters. The third-order valence-electron chi connectivity index (χ3n) is 2.46. The normalized spacial score (nSPS) is 27.4. The molecule has 0 aromatic carbocycles. The lowest BCUT2D eigenvalue weighted by Gasteiger charge is -2.32. The number of hydrogen-bond acceptors (Lipinski definition) is 3. The molecule has 0 aliphatic heterocycles. The van der Waals surface area contributed by atoms with Crippen LogP contribution in [0.4, 0.5) is 13.2 Å². The van der Waals surface area contributed by atoms with E-state index in [1.165, 1.54) is 6.20 Å². The highest BCUT2D eigenvalue weighted by Gasteiger charge is 2.37. The van der Waals surface area contributed by atoms with Gasteiger partial charge in [0.25, 0.3) is 0 Å². The number of hydrogen-bond donors (Lipinski definition) is 1. The van der Waals surface area contributed by atoms with E-state index in [-0.39, 0.29) is 12.0 Å². The highest BCUT2D eigenvalue weighted by Crippen LogP contribution is 2.41. The monoisotopic (exact) mass is 222 g/mol. The van der Waals surface area contributed by atoms with Crippen LogP contribution in [0, 0.1) is 0 Å². The molecule has 0 saturated heterocycles. The van der Waals surface area contributed by atoms with Gasteiger partial charge in [-0.2, -0.15) is 13.2 Å². The van der Waals surface area contributed by atoms with E-state index in [1.54, 1.807) is 0 Å². The maximum atomic E-state index is 12.2. The first-order valence-electron chi connectivity index (χ1n) is 4.27. The minimum Gasteiger partial charge on any atom is -0.327 e. The maximum Gasteiger partial charge on any atom is 0.443 e. The summed E-state index contributed by atoms with van der Waals surface area (Å²) in [5.74, 6) is 0.0867. The fourth-order valence-corrected chi connectivity index (χ4v) is 2.46. The Morgan fingerprint density at radius 3 is 2.50 bits per heavy atom. The van der Waals surface area contributed by atoms with Gasteiger partial charge in [-0.25, -0.2) is 4.98 Å². The highest BCUT2D eigenvalue weighted by atomic mass is 32.1. The minimum atomic E-state index is -4.32. The number of aromatic nitrogens is 1. The summed E-state index contributed by atoms with van der Waals surface area (Å²) in [4.78, 5) is 4.03. The first kappa shape index (κ1) is 9.92. The van der Waals surface area contributed by atoms with Gasteiger partial charge >= 0.3 is 6.18 Å². The minimum absolute atomic E-state index is 0.0107. The van der Waals surface area contributed by atoms with Crippen LogP contribution in [0.3, 0.4) is 0 Å². The molecule has 6 heteroatoms. The zero-order chi connectivity index (χ0) is 10.3. The molecule has 2 rings (SSSR count). The van der Waals surface area contributed by atoms with E-state index in [0.29, 0.717) is 16.2 Å². The summed E-state index contributed by atoms with van der Waals surface area (Å²) in [7, 11) is 0. The Morgan fingerprint density at radius 1 is 1.43 bits per heavy atom. The second-order valence-corrected chi connectivity index (χ2v) is 4.48. The van der Waals surface area contributed by atoms with Crippen LogP contribution in [-0.2, 0) is 6.18 Å². The number of nitrogens with zero attached hydrogens (tertiary/aromatic N) is 1. The van der Waals surface area contributed by atoms with Gasteiger partial charge in [-0.3, -0.25) is 0 Å². The molecule has 0 spiro atoms. The second kappa shape index (κ2) is 3.20. The fraction of sp³-hybridized carbons (Fsp3) is 0.625. The molecule has 14 heavy (non-hydrogen) atoms. The number of halogens is 3. The lowest BCUT2D eigenvalue weighted by molar-refractivity contribution is -0.137. The summed E-state index contributed by atoms with van der Waals surface area (Å²) in [5.41, 5.74) is 5.67. The lowest BCUT2D eigenvalue weighted by Crippen LogP contribution is -2.36. The van der Waals surface area contributed by atoms with Crippen molar-refractivity contribution in [2.75, 3.05) is 0 Å². The zero-order valence-corrected chi connectivity index (χ0v) is 8.03. The molecular formula is C8H9F3N2S. The van der Waals surface area contributed by atoms with Gasteiger partial charge in [0.2, 0.25) is 0 Å². The van der Waals surface area contributed by atoms with Crippen LogP contribution in [0.5, 0.6) is 0 Å². The summed E-state index contributed by atoms with van der Waals surface area (Å²) in [6.45, 7) is 0. The first-order valence-corrected chi connectivity index (χ1v) is 5.08. The van der Waals surface area contributed by atoms with Crippen LogP contribution in [0.2, 0.25) is 0 Å². The Kier molecular flexibility index (Phi) is 2.27. The number of thiazole rings is 1. The Hall–Kier alpha value is -0.620. The second-order valence-electron chi connectivity index (χ2n) is 3.41. The van der Waals surface area contributed by atoms with Gasteiger partial charge in [-0.05, 0) is 12.8 Å². The maximum absolute atomic E-state index is 12.2. The molecule has 1 fully saturated rings. The lowest BCUT2D eigenvalue weighted by atomic mass is 9.79. The molecule has 0 bridgehead atoms. The van der Waals surface area contributed by atoms with Crippen molar-refractivity contribution in [2.45, 2.75) is 31.0 Å². The van der Waals surface area contributed by atoms with E-state index >= 15 is 0 Å². The van der Waals surface area contributed by atoms with Crippen LogP contribution >= 0.6 is 11.3 Å². The van der Waals surface area contributed by atoms with Gasteiger partial charge in [-0.1, -0.05) is 0 Å². The Morgan fingerprint density at radius 2 is 2.14 bits per heavy atom. The molecule has 1 saturated carbocycles. The third kappa shape index (κ3) is 1.64. The van der Waals surface area contributed by atoms with Crippen molar-refractivity contribution in [3.05, 3.63) is 16.1 Å². The third-order valence-corrected chi connectivity index (χ3v) is 3.63. The van der Waals surface area contributed by atoms with E-state index in [4.69, 9.17) is 5.73 Å². The van der Waals surface area contributed by atoms with Gasteiger partial charge in [0.15, 0.2) is 5.01 Å². The SMILES string of the molecule is NC1CCC1c1cnc(C(F)(F)F)s1. The van der Waals surface area contributed by atoms with Gasteiger partial charge in [0.05, 0.1) is 0 Å². The fourth-order valence-electron chi connectivity index (χ4n) is 1.47. The standard InChI is InChI=1S/C8H9F3N2S/c9-8(10,11)7-13-3-6(14-7)4-1-2-5(4)12/h3-5H,1-2,12H2. The van der Waals surface area contributed by atoms with Crippen molar-refractivity contribution in [1.29, 1.82) is 0 Å². The van der Waals surface area contributed by atoms with Crippen LogP contribution in [0.1, 0.15) is 28.6 Å². The predicted molar refractivity (Wildman–Crippen MR) is 47.1 cm³/mol. The van der Waals surface area contributed by atoms with Crippen molar-refractivity contribution < 1.29 is 13.2 Å². The number of alkyl halides is 3. The molecule has 2 atom stereocenters. The van der Waals surface area contributed by atoms with E-state index in [1.807, 2.05) is 0 Å². The summed E-state index contributed by atoms with van der Waals surface area (Å²) in [6, 6.07) is 0.0107. The van der Waals surface area contributed by atoms with Crippen molar-refractivity contribution in [2.24, 2.45) is 5.73 Å². The predicted octanol–water partition coefficient (Wildman–Crippen LogP) is 2.37. The molecule has 78 valence electrons. The van der Waals surface area contributed by atoms with Crippen molar-refractivity contribution in [3.63, 3.8) is 0 Å². The molecule has 1 heterocycles. The highest BCUT2D eigenvalue weighted by molar-refractivity contribution is 7.11. The average molecular weight is 222 g/mol. The van der Waals surface area contributed by atoms with Crippen LogP contribution in [-0.4, -0.2) is 11.0 Å². The molecule has 1 aliphatic rings. The summed E-state index contributed by atoms with van der Waals surface area (Å²) >= 11 is 0.711. The van der Waals surface area contributed by atoms with Crippen LogP contribution in [0.25, 0.3) is 0 Å². The van der Waals surface area contributed by atoms with Crippen molar-refractivity contribution in [1.82, 2.24) is 4.98 Å². The van der Waals surface area contributed by atoms with Crippen molar-refractivity contribution >= 4 is 11.3 Å². The zero-order valence-electron chi connectivity index (χ0n) is 7.21. The number of rotatable bonds is 1. The van der Waals surface area contributed by atoms with Gasteiger partial charge < -0.3 is 5.73 Å². The number of nitrogens with two attached hydrogens (primary N) is 1. The molecule has 1 aliphatic carbocycles. The summed E-state index contributed by atoms with van der Waals surface area (Å²) in [6.07, 6.45) is -1.25. The largest absolute Gasteiger partial charge is 0.443 e. The molecule has 0 amide bonds. The molecular weight excluding hydrogens is 213 g/mol. The quantitative estimate of drug-likeness (QED) is 0.792. The first-order chi connectivity index (χ1) is 6.48. The van der Waals surface area contributed by atoms with Gasteiger partial charge in [0, 0.05) is 23.0 Å². The van der Waals surface area contributed by atoms with Crippen LogP contribution in [0.15, 0.2) is 6.20 Å². The topological polar surface area (TPSA) is 38.9 Å². The molecule has 0 radical (unpaired) electrons. The molecule has 2 nitrogen and oxygen atoms in total.